The van der Waals surface area contributed by atoms with Crippen LogP contribution in [0.25, 0.3) is 17.1 Å². The molecular formula is C26H34N3+. The number of hydrogen-bond acceptors (Lipinski definition) is 1. The summed E-state index contributed by atoms with van der Waals surface area (Å²) in [7, 11) is 0. The molecule has 3 nitrogen and oxygen atoms in total. The molecule has 2 atom stereocenters. The van der Waals surface area contributed by atoms with Crippen LogP contribution in [-0.4, -0.2) is 9.78 Å². The smallest absolute Gasteiger partial charge is 0.221 e. The van der Waals surface area contributed by atoms with Crippen LogP contribution in [0.4, 0.5) is 0 Å². The van der Waals surface area contributed by atoms with Gasteiger partial charge in [0.25, 0.3) is 11.6 Å². The van der Waals surface area contributed by atoms with Gasteiger partial charge in [0.2, 0.25) is 0 Å². The molecule has 3 aromatic rings. The Bertz CT molecular complexity index is 1080. The van der Waals surface area contributed by atoms with Gasteiger partial charge in [-0.25, -0.2) is 4.57 Å². The summed E-state index contributed by atoms with van der Waals surface area (Å²) in [5.74, 6) is 2.29. The maximum atomic E-state index is 5.14. The molecule has 1 aromatic heterocycles. The van der Waals surface area contributed by atoms with Crippen molar-refractivity contribution < 1.29 is 4.57 Å². The first kappa shape index (κ1) is 19.9. The lowest BCUT2D eigenvalue weighted by Gasteiger charge is -2.48. The second kappa shape index (κ2) is 6.55. The molecule has 2 heterocycles. The van der Waals surface area contributed by atoms with Crippen molar-refractivity contribution in [3.63, 3.8) is 0 Å². The highest BCUT2D eigenvalue weighted by Gasteiger charge is 2.55. The standard InChI is InChI=1S/C26H34N3/c1-9-25(7)22-14-12-11-13-21(22)24-28(26(25,8)10-2)20(6)27-29(24)23-18(4)15-17(3)16-19(23)5/h11-16H,9-10H2,1-8H3/q+1. The van der Waals surface area contributed by atoms with Crippen LogP contribution in [0.2, 0.25) is 0 Å². The molecule has 0 amide bonds. The first-order chi connectivity index (χ1) is 13.7. The third-order valence-electron chi connectivity index (χ3n) is 7.67. The highest BCUT2D eigenvalue weighted by molar-refractivity contribution is 5.65. The molecule has 0 saturated heterocycles. The maximum absolute atomic E-state index is 5.14. The molecular weight excluding hydrogens is 354 g/mol. The number of benzene rings is 2. The molecule has 0 aliphatic carbocycles. The summed E-state index contributed by atoms with van der Waals surface area (Å²) in [5, 5.41) is 5.14. The Morgan fingerprint density at radius 2 is 1.55 bits per heavy atom. The summed E-state index contributed by atoms with van der Waals surface area (Å²) in [6, 6.07) is 13.5. The average molecular weight is 389 g/mol. The van der Waals surface area contributed by atoms with E-state index in [4.69, 9.17) is 5.10 Å². The van der Waals surface area contributed by atoms with E-state index in [0.717, 1.165) is 18.7 Å². The molecule has 2 unspecified atom stereocenters. The quantitative estimate of drug-likeness (QED) is 0.515. The second-order valence-electron chi connectivity index (χ2n) is 9.22. The fourth-order valence-corrected chi connectivity index (χ4v) is 5.79. The van der Waals surface area contributed by atoms with Crippen molar-refractivity contribution in [3.8, 4) is 17.1 Å². The summed E-state index contributed by atoms with van der Waals surface area (Å²) >= 11 is 0. The average Bonchev–Trinajstić information content (AvgIpc) is 3.02. The third kappa shape index (κ3) is 2.49. The van der Waals surface area contributed by atoms with Gasteiger partial charge in [0.15, 0.2) is 0 Å². The Morgan fingerprint density at radius 1 is 0.931 bits per heavy atom. The Balaban J connectivity index is 2.16. The van der Waals surface area contributed by atoms with Crippen LogP contribution in [0.15, 0.2) is 36.4 Å². The minimum absolute atomic E-state index is 0.0414. The lowest BCUT2D eigenvalue weighted by molar-refractivity contribution is -0.770. The van der Waals surface area contributed by atoms with Gasteiger partial charge in [-0.3, -0.25) is 0 Å². The Labute approximate surface area is 175 Å². The molecule has 0 bridgehead atoms. The molecule has 1 aliphatic heterocycles. The lowest BCUT2D eigenvalue weighted by Crippen LogP contribution is -2.68. The zero-order valence-corrected chi connectivity index (χ0v) is 19.2. The van der Waals surface area contributed by atoms with Crippen LogP contribution < -0.4 is 4.57 Å². The SMILES string of the molecule is CCC1(C)c2ccccc2-c2n(-c3c(C)cc(C)cc3C)nc(C)[n+]2C1(C)CC. The Hall–Kier alpha value is -2.42. The van der Waals surface area contributed by atoms with Crippen molar-refractivity contribution >= 4 is 0 Å². The molecule has 0 N–H and O–H groups in total. The number of nitrogens with zero attached hydrogens (tertiary/aromatic N) is 3. The van der Waals surface area contributed by atoms with E-state index in [-0.39, 0.29) is 11.0 Å². The van der Waals surface area contributed by atoms with Crippen molar-refractivity contribution in [2.24, 2.45) is 0 Å². The van der Waals surface area contributed by atoms with Crippen molar-refractivity contribution in [3.05, 3.63) is 64.5 Å². The van der Waals surface area contributed by atoms with E-state index in [1.807, 2.05) is 0 Å². The lowest BCUT2D eigenvalue weighted by atomic mass is 9.61. The van der Waals surface area contributed by atoms with E-state index < -0.39 is 0 Å². The van der Waals surface area contributed by atoms with E-state index in [1.165, 1.54) is 39.3 Å². The summed E-state index contributed by atoms with van der Waals surface area (Å²) in [6.45, 7) is 18.2. The Morgan fingerprint density at radius 3 is 2.14 bits per heavy atom. The monoisotopic (exact) mass is 388 g/mol. The predicted octanol–water partition coefficient (Wildman–Crippen LogP) is 5.87. The molecule has 0 spiro atoms. The molecule has 1 aliphatic rings. The summed E-state index contributed by atoms with van der Waals surface area (Å²) in [6.07, 6.45) is 2.15. The first-order valence-corrected chi connectivity index (χ1v) is 10.9. The number of fused-ring (bicyclic) bond motifs is 3. The minimum atomic E-state index is -0.0414. The predicted molar refractivity (Wildman–Crippen MR) is 120 cm³/mol. The van der Waals surface area contributed by atoms with E-state index >= 15 is 0 Å². The van der Waals surface area contributed by atoms with Gasteiger partial charge in [-0.05, 0) is 63.3 Å². The normalized spacial score (nSPS) is 23.0. The van der Waals surface area contributed by atoms with Crippen molar-refractivity contribution in [2.75, 3.05) is 0 Å². The summed E-state index contributed by atoms with van der Waals surface area (Å²) < 4.78 is 4.74. The number of aryl methyl sites for hydroxylation is 4. The Kier molecular flexibility index (Phi) is 4.49. The van der Waals surface area contributed by atoms with Gasteiger partial charge in [0.1, 0.15) is 5.69 Å². The van der Waals surface area contributed by atoms with E-state index in [9.17, 15) is 0 Å². The van der Waals surface area contributed by atoms with Crippen LogP contribution in [-0.2, 0) is 11.0 Å². The summed E-state index contributed by atoms with van der Waals surface area (Å²) in [5.41, 5.74) is 7.80. The minimum Gasteiger partial charge on any atom is -0.221 e. The number of rotatable bonds is 3. The van der Waals surface area contributed by atoms with Crippen molar-refractivity contribution in [2.45, 2.75) is 79.2 Å². The largest absolute Gasteiger partial charge is 0.275 e. The highest BCUT2D eigenvalue weighted by Crippen LogP contribution is 2.50. The maximum Gasteiger partial charge on any atom is 0.275 e. The zero-order chi connectivity index (χ0) is 21.1. The van der Waals surface area contributed by atoms with Gasteiger partial charge in [0, 0.05) is 17.4 Å². The third-order valence-corrected chi connectivity index (χ3v) is 7.67. The van der Waals surface area contributed by atoms with Crippen molar-refractivity contribution in [1.82, 2.24) is 9.78 Å². The molecule has 0 fully saturated rings. The van der Waals surface area contributed by atoms with Gasteiger partial charge < -0.3 is 0 Å². The molecule has 29 heavy (non-hydrogen) atoms. The highest BCUT2D eigenvalue weighted by atomic mass is 15.4. The molecule has 3 heteroatoms. The molecule has 0 radical (unpaired) electrons. The van der Waals surface area contributed by atoms with Gasteiger partial charge in [-0.2, -0.15) is 0 Å². The molecule has 2 aromatic carbocycles. The second-order valence-corrected chi connectivity index (χ2v) is 9.22. The van der Waals surface area contributed by atoms with Crippen molar-refractivity contribution in [1.29, 1.82) is 0 Å². The summed E-state index contributed by atoms with van der Waals surface area (Å²) in [4.78, 5) is 0. The number of aromatic nitrogens is 3. The fourth-order valence-electron chi connectivity index (χ4n) is 5.79. The van der Waals surface area contributed by atoms with Gasteiger partial charge in [-0.15, -0.1) is 0 Å². The van der Waals surface area contributed by atoms with E-state index in [1.54, 1.807) is 0 Å². The van der Waals surface area contributed by atoms with E-state index in [0.29, 0.717) is 0 Å². The van der Waals surface area contributed by atoms with E-state index in [2.05, 4.69) is 101 Å². The molecule has 0 saturated carbocycles. The topological polar surface area (TPSA) is 21.7 Å². The fraction of sp³-hybridized carbons (Fsp3) is 0.462. The van der Waals surface area contributed by atoms with Crippen LogP contribution in [0.1, 0.15) is 68.6 Å². The van der Waals surface area contributed by atoms with Crippen LogP contribution in [0.3, 0.4) is 0 Å². The van der Waals surface area contributed by atoms with Gasteiger partial charge in [-0.1, -0.05) is 61.3 Å². The first-order valence-electron chi connectivity index (χ1n) is 10.9. The molecule has 4 rings (SSSR count). The zero-order valence-electron chi connectivity index (χ0n) is 19.2. The van der Waals surface area contributed by atoms with Crippen LogP contribution in [0.5, 0.6) is 0 Å². The van der Waals surface area contributed by atoms with Gasteiger partial charge in [0.05, 0.1) is 11.1 Å². The number of hydrogen-bond donors (Lipinski definition) is 0. The molecule has 152 valence electrons. The van der Waals surface area contributed by atoms with Crippen LogP contribution >= 0.6 is 0 Å². The van der Waals surface area contributed by atoms with Crippen LogP contribution in [0, 0.1) is 27.7 Å². The van der Waals surface area contributed by atoms with Gasteiger partial charge >= 0.3 is 0 Å².